The van der Waals surface area contributed by atoms with Crippen molar-refractivity contribution < 1.29 is 28.7 Å². The number of phenolic OH excluding ortho intramolecular Hbond substituents is 1. The largest absolute Gasteiger partial charge is 0.507 e. The zero-order chi connectivity index (χ0) is 23.4. The first-order chi connectivity index (χ1) is 16.0. The lowest BCUT2D eigenvalue weighted by atomic mass is 10.0. The van der Waals surface area contributed by atoms with Gasteiger partial charge in [-0.15, -0.1) is 0 Å². The maximum atomic E-state index is 13.1. The maximum absolute atomic E-state index is 13.1. The summed E-state index contributed by atoms with van der Waals surface area (Å²) in [6.07, 6.45) is 5.57. The summed E-state index contributed by atoms with van der Waals surface area (Å²) in [5, 5.41) is 10.9. The van der Waals surface area contributed by atoms with Gasteiger partial charge in [0.2, 0.25) is 11.2 Å². The number of esters is 1. The van der Waals surface area contributed by atoms with E-state index in [-0.39, 0.29) is 16.9 Å². The number of phenols is 1. The average molecular weight is 453 g/mol. The highest BCUT2D eigenvalue weighted by Crippen LogP contribution is 2.28. The Morgan fingerprint density at radius 2 is 1.97 bits per heavy atom. The van der Waals surface area contributed by atoms with Crippen molar-refractivity contribution in [3.8, 4) is 17.2 Å². The molecule has 1 fully saturated rings. The first kappa shape index (κ1) is 22.9. The molecule has 2 atom stereocenters. The van der Waals surface area contributed by atoms with Crippen LogP contribution < -0.4 is 15.1 Å². The lowest BCUT2D eigenvalue weighted by molar-refractivity contribution is -0.941. The number of aromatic hydroxyl groups is 1. The first-order valence-electron chi connectivity index (χ1n) is 11.5. The van der Waals surface area contributed by atoms with E-state index in [0.717, 1.165) is 25.8 Å². The van der Waals surface area contributed by atoms with Gasteiger partial charge in [-0.25, -0.2) is 4.79 Å². The summed E-state index contributed by atoms with van der Waals surface area (Å²) in [4.78, 5) is 26.4. The summed E-state index contributed by atoms with van der Waals surface area (Å²) in [6.45, 7) is 6.14. The van der Waals surface area contributed by atoms with Gasteiger partial charge in [0.15, 0.2) is 5.58 Å². The molecule has 2 aromatic carbocycles. The van der Waals surface area contributed by atoms with Crippen molar-refractivity contribution in [3.63, 3.8) is 0 Å². The van der Waals surface area contributed by atoms with Crippen molar-refractivity contribution in [3.05, 3.63) is 64.0 Å². The van der Waals surface area contributed by atoms with Gasteiger partial charge in [-0.3, -0.25) is 4.79 Å². The summed E-state index contributed by atoms with van der Waals surface area (Å²) >= 11 is 0. The predicted molar refractivity (Wildman–Crippen MR) is 124 cm³/mol. The Balaban J connectivity index is 1.58. The highest BCUT2D eigenvalue weighted by atomic mass is 16.5. The number of fused-ring (bicyclic) bond motifs is 1. The molecule has 4 rings (SSSR count). The van der Waals surface area contributed by atoms with E-state index in [1.54, 1.807) is 36.4 Å². The quantitative estimate of drug-likeness (QED) is 0.530. The Kier molecular flexibility index (Phi) is 6.99. The van der Waals surface area contributed by atoms with E-state index in [4.69, 9.17) is 13.9 Å². The van der Waals surface area contributed by atoms with E-state index in [1.807, 2.05) is 6.92 Å². The Labute approximate surface area is 192 Å². The second-order valence-corrected chi connectivity index (χ2v) is 8.61. The third kappa shape index (κ3) is 5.03. The minimum absolute atomic E-state index is 0.0409. The minimum atomic E-state index is -0.397. The normalized spacial score (nSPS) is 18.2. The molecule has 33 heavy (non-hydrogen) atoms. The van der Waals surface area contributed by atoms with Gasteiger partial charge in [0.25, 0.3) is 0 Å². The second kappa shape index (κ2) is 10.1. The van der Waals surface area contributed by atoms with Crippen molar-refractivity contribution in [2.45, 2.75) is 52.1 Å². The Morgan fingerprint density at radius 1 is 1.18 bits per heavy atom. The smallest absolute Gasteiger partial charge is 0.338 e. The van der Waals surface area contributed by atoms with E-state index < -0.39 is 5.97 Å². The lowest BCUT2D eigenvalue weighted by Crippen LogP contribution is -3.14. The fraction of sp³-hybridized carbons (Fsp3) is 0.385. The molecule has 0 spiro atoms. The van der Waals surface area contributed by atoms with Gasteiger partial charge in [-0.1, -0.05) is 6.92 Å². The zero-order valence-electron chi connectivity index (χ0n) is 19.1. The monoisotopic (exact) mass is 452 g/mol. The Bertz CT molecular complexity index is 1180. The minimum Gasteiger partial charge on any atom is -0.507 e. The number of hydrogen-bond donors (Lipinski definition) is 2. The van der Waals surface area contributed by atoms with Crippen LogP contribution in [0.5, 0.6) is 17.2 Å². The van der Waals surface area contributed by atoms with E-state index >= 15 is 0 Å². The fourth-order valence-electron chi connectivity index (χ4n) is 4.28. The van der Waals surface area contributed by atoms with Crippen LogP contribution in [0, 0.1) is 0 Å². The van der Waals surface area contributed by atoms with Gasteiger partial charge in [0.1, 0.15) is 24.3 Å². The standard InChI is InChI=1S/C26H29NO6/c1-3-14-31-26(30)18-7-9-19(10-8-18)33-23-16-32-25-20(24(23)29)11-12-22(28)21(25)15-27-13-5-4-6-17(27)2/h7-12,16-17,28H,3-6,13-15H2,1-2H3/p+1/t17-/m1/s1. The molecule has 174 valence electrons. The van der Waals surface area contributed by atoms with Crippen molar-refractivity contribution in [1.82, 2.24) is 0 Å². The van der Waals surface area contributed by atoms with Crippen LogP contribution in [-0.2, 0) is 11.3 Å². The van der Waals surface area contributed by atoms with Crippen LogP contribution in [0.15, 0.2) is 51.9 Å². The second-order valence-electron chi connectivity index (χ2n) is 8.61. The SMILES string of the molecule is CCCOC(=O)c1ccc(Oc2coc3c(C[NH+]4CCCC[C@H]4C)c(O)ccc3c2=O)cc1. The molecule has 1 saturated heterocycles. The number of piperidine rings is 1. The van der Waals surface area contributed by atoms with Gasteiger partial charge in [0, 0.05) is 0 Å². The molecule has 0 radical (unpaired) electrons. The van der Waals surface area contributed by atoms with Crippen LogP contribution in [0.4, 0.5) is 0 Å². The van der Waals surface area contributed by atoms with Crippen molar-refractivity contribution >= 4 is 16.9 Å². The number of nitrogens with one attached hydrogen (secondary N) is 1. The van der Waals surface area contributed by atoms with Crippen LogP contribution in [0.3, 0.4) is 0 Å². The summed E-state index contributed by atoms with van der Waals surface area (Å²) in [5.41, 5.74) is 1.14. The van der Waals surface area contributed by atoms with E-state index in [0.29, 0.717) is 47.0 Å². The van der Waals surface area contributed by atoms with Crippen molar-refractivity contribution in [1.29, 1.82) is 0 Å². The summed E-state index contributed by atoms with van der Waals surface area (Å²) in [7, 11) is 0. The third-order valence-corrected chi connectivity index (χ3v) is 6.23. The lowest BCUT2D eigenvalue weighted by Gasteiger charge is -2.30. The molecule has 2 N–H and O–H groups in total. The molecule has 2 heterocycles. The number of ether oxygens (including phenoxy) is 2. The molecule has 1 aromatic heterocycles. The molecule has 1 unspecified atom stereocenters. The molecule has 1 aliphatic rings. The molecule has 7 nitrogen and oxygen atoms in total. The van der Waals surface area contributed by atoms with Gasteiger partial charge in [0.05, 0.1) is 35.7 Å². The van der Waals surface area contributed by atoms with Gasteiger partial charge in [-0.2, -0.15) is 0 Å². The number of hydrogen-bond acceptors (Lipinski definition) is 6. The van der Waals surface area contributed by atoms with Gasteiger partial charge >= 0.3 is 5.97 Å². The van der Waals surface area contributed by atoms with Crippen molar-refractivity contribution in [2.24, 2.45) is 0 Å². The molecule has 0 bridgehead atoms. The number of likely N-dealkylation sites (tertiary alicyclic amines) is 1. The van der Waals surface area contributed by atoms with Crippen LogP contribution in [0.25, 0.3) is 11.0 Å². The van der Waals surface area contributed by atoms with Gasteiger partial charge in [-0.05, 0) is 69.0 Å². The summed E-state index contributed by atoms with van der Waals surface area (Å²) in [6, 6.07) is 10.00. The predicted octanol–water partition coefficient (Wildman–Crippen LogP) is 3.82. The topological polar surface area (TPSA) is 90.4 Å². The molecular formula is C26H30NO6+. The van der Waals surface area contributed by atoms with Crippen LogP contribution in [0.2, 0.25) is 0 Å². The van der Waals surface area contributed by atoms with E-state index in [1.165, 1.54) is 17.6 Å². The molecule has 7 heteroatoms. The van der Waals surface area contributed by atoms with E-state index in [2.05, 4.69) is 6.92 Å². The number of carbonyl (C=O) groups excluding carboxylic acids is 1. The molecule has 3 aromatic rings. The molecule has 0 amide bonds. The number of rotatable bonds is 7. The average Bonchev–Trinajstić information content (AvgIpc) is 2.82. The fourth-order valence-corrected chi connectivity index (χ4v) is 4.28. The third-order valence-electron chi connectivity index (χ3n) is 6.23. The number of carbonyl (C=O) groups is 1. The molecule has 1 aliphatic heterocycles. The van der Waals surface area contributed by atoms with Gasteiger partial charge < -0.3 is 23.9 Å². The highest BCUT2D eigenvalue weighted by Gasteiger charge is 2.25. The van der Waals surface area contributed by atoms with E-state index in [9.17, 15) is 14.7 Å². The zero-order valence-corrected chi connectivity index (χ0v) is 19.1. The number of benzene rings is 2. The highest BCUT2D eigenvalue weighted by molar-refractivity contribution is 5.89. The van der Waals surface area contributed by atoms with Crippen molar-refractivity contribution in [2.75, 3.05) is 13.2 Å². The van der Waals surface area contributed by atoms with Crippen LogP contribution in [0.1, 0.15) is 55.5 Å². The Morgan fingerprint density at radius 3 is 2.70 bits per heavy atom. The maximum Gasteiger partial charge on any atom is 0.338 e. The molecule has 0 saturated carbocycles. The molecule has 0 aliphatic carbocycles. The first-order valence-corrected chi connectivity index (χ1v) is 11.5. The summed E-state index contributed by atoms with van der Waals surface area (Å²) < 4.78 is 16.7. The van der Waals surface area contributed by atoms with Crippen LogP contribution in [-0.4, -0.2) is 30.3 Å². The number of quaternary nitrogens is 1. The summed E-state index contributed by atoms with van der Waals surface area (Å²) in [5.74, 6) is 0.180. The molecular weight excluding hydrogens is 422 g/mol. The van der Waals surface area contributed by atoms with Crippen LogP contribution >= 0.6 is 0 Å². The Hall–Kier alpha value is -3.32.